The average Bonchev–Trinajstić information content (AvgIpc) is 2.81. The van der Waals surface area contributed by atoms with Crippen LogP contribution in [0.3, 0.4) is 0 Å². The molecular weight excluding hydrogens is 212 g/mol. The highest BCUT2D eigenvalue weighted by Crippen LogP contribution is 2.32. The van der Waals surface area contributed by atoms with Crippen LogP contribution in [-0.2, 0) is 4.79 Å². The molecular formula is C14H26N2O. The Morgan fingerprint density at radius 3 is 2.71 bits per heavy atom. The zero-order valence-electron chi connectivity index (χ0n) is 11.1. The molecule has 0 radical (unpaired) electrons. The molecule has 3 nitrogen and oxygen atoms in total. The Balaban J connectivity index is 1.91. The van der Waals surface area contributed by atoms with Crippen molar-refractivity contribution in [2.75, 3.05) is 13.1 Å². The molecule has 1 aliphatic heterocycles. The van der Waals surface area contributed by atoms with Gasteiger partial charge in [-0.3, -0.25) is 4.79 Å². The third kappa shape index (κ3) is 3.01. The van der Waals surface area contributed by atoms with E-state index in [4.69, 9.17) is 0 Å². The van der Waals surface area contributed by atoms with Crippen LogP contribution in [0.1, 0.15) is 58.3 Å². The number of rotatable bonds is 4. The summed E-state index contributed by atoms with van der Waals surface area (Å²) in [6, 6.07) is 0.450. The monoisotopic (exact) mass is 238 g/mol. The van der Waals surface area contributed by atoms with Gasteiger partial charge in [-0.2, -0.15) is 0 Å². The van der Waals surface area contributed by atoms with Crippen molar-refractivity contribution in [1.82, 2.24) is 10.6 Å². The van der Waals surface area contributed by atoms with E-state index in [0.717, 1.165) is 32.4 Å². The van der Waals surface area contributed by atoms with E-state index in [1.165, 1.54) is 32.1 Å². The molecule has 2 rings (SSSR count). The van der Waals surface area contributed by atoms with E-state index in [-0.39, 0.29) is 5.41 Å². The smallest absolute Gasteiger partial charge is 0.227 e. The van der Waals surface area contributed by atoms with Crippen molar-refractivity contribution in [1.29, 1.82) is 0 Å². The first-order chi connectivity index (χ1) is 8.27. The van der Waals surface area contributed by atoms with E-state index in [2.05, 4.69) is 17.6 Å². The molecule has 1 aliphatic carbocycles. The van der Waals surface area contributed by atoms with Crippen molar-refractivity contribution in [3.63, 3.8) is 0 Å². The van der Waals surface area contributed by atoms with Gasteiger partial charge < -0.3 is 10.6 Å². The van der Waals surface area contributed by atoms with Gasteiger partial charge in [0.25, 0.3) is 0 Å². The first kappa shape index (κ1) is 12.9. The summed E-state index contributed by atoms with van der Waals surface area (Å²) in [5, 5.41) is 6.66. The molecule has 2 N–H and O–H groups in total. The van der Waals surface area contributed by atoms with Crippen LogP contribution in [0.25, 0.3) is 0 Å². The summed E-state index contributed by atoms with van der Waals surface area (Å²) in [5.41, 5.74) is -0.105. The molecule has 1 atom stereocenters. The maximum Gasteiger partial charge on any atom is 0.227 e. The first-order valence-electron chi connectivity index (χ1n) is 7.28. The quantitative estimate of drug-likeness (QED) is 0.788. The number of carbonyl (C=O) groups is 1. The summed E-state index contributed by atoms with van der Waals surface area (Å²) in [7, 11) is 0. The molecule has 1 amide bonds. The normalized spacial score (nSPS) is 30.4. The molecule has 2 aliphatic rings. The van der Waals surface area contributed by atoms with Crippen molar-refractivity contribution >= 4 is 5.91 Å². The van der Waals surface area contributed by atoms with Crippen molar-refractivity contribution in [3.8, 4) is 0 Å². The Kier molecular flexibility index (Phi) is 4.43. The second-order valence-electron chi connectivity index (χ2n) is 5.77. The summed E-state index contributed by atoms with van der Waals surface area (Å²) < 4.78 is 0. The largest absolute Gasteiger partial charge is 0.353 e. The molecule has 0 aromatic heterocycles. The molecule has 3 heteroatoms. The van der Waals surface area contributed by atoms with Crippen molar-refractivity contribution < 1.29 is 4.79 Å². The second kappa shape index (κ2) is 5.85. The van der Waals surface area contributed by atoms with Gasteiger partial charge in [0, 0.05) is 12.6 Å². The van der Waals surface area contributed by atoms with Crippen LogP contribution in [0, 0.1) is 5.41 Å². The molecule has 2 fully saturated rings. The Morgan fingerprint density at radius 1 is 1.35 bits per heavy atom. The van der Waals surface area contributed by atoms with Crippen molar-refractivity contribution in [2.24, 2.45) is 5.41 Å². The number of hydrogen-bond acceptors (Lipinski definition) is 2. The van der Waals surface area contributed by atoms with Gasteiger partial charge in [0.2, 0.25) is 5.91 Å². The zero-order valence-corrected chi connectivity index (χ0v) is 11.1. The van der Waals surface area contributed by atoms with Gasteiger partial charge in [0.05, 0.1) is 5.41 Å². The van der Waals surface area contributed by atoms with Crippen LogP contribution in [0.2, 0.25) is 0 Å². The van der Waals surface area contributed by atoms with Crippen LogP contribution in [0.5, 0.6) is 0 Å². The lowest BCUT2D eigenvalue weighted by atomic mass is 9.81. The van der Waals surface area contributed by atoms with Crippen molar-refractivity contribution in [3.05, 3.63) is 0 Å². The average molecular weight is 238 g/mol. The van der Waals surface area contributed by atoms with Gasteiger partial charge in [-0.05, 0) is 32.2 Å². The maximum absolute atomic E-state index is 12.5. The van der Waals surface area contributed by atoms with E-state index in [0.29, 0.717) is 11.9 Å². The Hall–Kier alpha value is -0.570. The fourth-order valence-corrected chi connectivity index (χ4v) is 3.33. The molecule has 17 heavy (non-hydrogen) atoms. The van der Waals surface area contributed by atoms with E-state index < -0.39 is 0 Å². The molecule has 1 unspecified atom stereocenters. The highest BCUT2D eigenvalue weighted by atomic mass is 16.2. The van der Waals surface area contributed by atoms with Gasteiger partial charge in [0.1, 0.15) is 0 Å². The van der Waals surface area contributed by atoms with Crippen LogP contribution < -0.4 is 10.6 Å². The minimum absolute atomic E-state index is 0.105. The standard InChI is InChI=1S/C14H26N2O/c1-2-8-14(9-10-15-11-14)13(17)16-12-6-4-3-5-7-12/h12,15H,2-11H2,1H3,(H,16,17). The third-order valence-electron chi connectivity index (χ3n) is 4.39. The summed E-state index contributed by atoms with van der Waals surface area (Å²) in [6.07, 6.45) is 9.41. The maximum atomic E-state index is 12.5. The van der Waals surface area contributed by atoms with E-state index >= 15 is 0 Å². The zero-order chi connectivity index (χ0) is 12.1. The molecule has 1 saturated carbocycles. The molecule has 0 spiro atoms. The number of amides is 1. The lowest BCUT2D eigenvalue weighted by Gasteiger charge is -2.31. The minimum Gasteiger partial charge on any atom is -0.353 e. The van der Waals surface area contributed by atoms with E-state index in [1.807, 2.05) is 0 Å². The number of carbonyl (C=O) groups excluding carboxylic acids is 1. The lowest BCUT2D eigenvalue weighted by Crippen LogP contribution is -2.47. The first-order valence-corrected chi connectivity index (χ1v) is 7.28. The topological polar surface area (TPSA) is 41.1 Å². The molecule has 1 saturated heterocycles. The highest BCUT2D eigenvalue weighted by molar-refractivity contribution is 5.83. The van der Waals surface area contributed by atoms with Crippen LogP contribution in [0.15, 0.2) is 0 Å². The summed E-state index contributed by atoms with van der Waals surface area (Å²) in [6.45, 7) is 4.05. The van der Waals surface area contributed by atoms with Gasteiger partial charge in [-0.15, -0.1) is 0 Å². The number of hydrogen-bond donors (Lipinski definition) is 2. The molecule has 0 aromatic rings. The van der Waals surface area contributed by atoms with E-state index in [9.17, 15) is 4.79 Å². The highest BCUT2D eigenvalue weighted by Gasteiger charge is 2.40. The summed E-state index contributed by atoms with van der Waals surface area (Å²) >= 11 is 0. The lowest BCUT2D eigenvalue weighted by molar-refractivity contribution is -0.131. The predicted octanol–water partition coefficient (Wildman–Crippen LogP) is 2.22. The van der Waals surface area contributed by atoms with Gasteiger partial charge in [0.15, 0.2) is 0 Å². The molecule has 0 aromatic carbocycles. The predicted molar refractivity (Wildman–Crippen MR) is 69.8 cm³/mol. The Bertz CT molecular complexity index is 253. The van der Waals surface area contributed by atoms with Crippen molar-refractivity contribution in [2.45, 2.75) is 64.3 Å². The summed E-state index contributed by atoms with van der Waals surface area (Å²) in [5.74, 6) is 0.316. The molecule has 98 valence electrons. The Labute approximate surface area is 105 Å². The number of nitrogens with one attached hydrogen (secondary N) is 2. The van der Waals surface area contributed by atoms with Crippen LogP contribution in [-0.4, -0.2) is 25.0 Å². The SMILES string of the molecule is CCCC1(C(=O)NC2CCCCC2)CCNC1. The fourth-order valence-electron chi connectivity index (χ4n) is 3.33. The fraction of sp³-hybridized carbons (Fsp3) is 0.929. The van der Waals surface area contributed by atoms with Crippen LogP contribution in [0.4, 0.5) is 0 Å². The minimum atomic E-state index is -0.105. The van der Waals surface area contributed by atoms with Crippen LogP contribution >= 0.6 is 0 Å². The second-order valence-corrected chi connectivity index (χ2v) is 5.77. The third-order valence-corrected chi connectivity index (χ3v) is 4.39. The van der Waals surface area contributed by atoms with Gasteiger partial charge in [-0.1, -0.05) is 32.6 Å². The molecule has 0 bridgehead atoms. The molecule has 1 heterocycles. The Morgan fingerprint density at radius 2 is 2.12 bits per heavy atom. The van der Waals surface area contributed by atoms with E-state index in [1.54, 1.807) is 0 Å². The van der Waals surface area contributed by atoms with Gasteiger partial charge in [-0.25, -0.2) is 0 Å². The van der Waals surface area contributed by atoms with Gasteiger partial charge >= 0.3 is 0 Å². The summed E-state index contributed by atoms with van der Waals surface area (Å²) in [4.78, 5) is 12.5.